The van der Waals surface area contributed by atoms with Gasteiger partial charge >= 0.3 is 0 Å². The molecule has 0 bridgehead atoms. The Bertz CT molecular complexity index is 126. The van der Waals surface area contributed by atoms with Crippen molar-refractivity contribution in [2.24, 2.45) is 0 Å². The van der Waals surface area contributed by atoms with Crippen molar-refractivity contribution in [2.75, 3.05) is 0 Å². The number of rotatable bonds is 10. The van der Waals surface area contributed by atoms with Gasteiger partial charge in [0.2, 0.25) is 0 Å². The van der Waals surface area contributed by atoms with Gasteiger partial charge in [-0.25, -0.2) is 0 Å². The Balaban J connectivity index is 3.16. The molecule has 0 saturated carbocycles. The smallest absolute Gasteiger partial charge is 0.0227 e. The Morgan fingerprint density at radius 2 is 1.27 bits per heavy atom. The largest absolute Gasteiger partial charge is 0.0815 e. The zero-order chi connectivity index (χ0) is 11.5. The van der Waals surface area contributed by atoms with Crippen molar-refractivity contribution < 1.29 is 0 Å². The predicted octanol–water partition coefficient (Wildman–Crippen LogP) is 6.14. The van der Waals surface area contributed by atoms with Gasteiger partial charge in [-0.2, -0.15) is 0 Å². The second kappa shape index (κ2) is 11.9. The van der Waals surface area contributed by atoms with Crippen molar-refractivity contribution in [3.63, 3.8) is 0 Å². The summed E-state index contributed by atoms with van der Waals surface area (Å²) in [6.45, 7) is 4.58. The summed E-state index contributed by atoms with van der Waals surface area (Å²) in [7, 11) is 0. The standard InChI is InChI=1S/C13H26I2/c1-3-5-6-7-8-9-10-11-13(15)12(14)4-2/h12-13H,3-11H2,1-2H3. The van der Waals surface area contributed by atoms with E-state index < -0.39 is 0 Å². The fourth-order valence-corrected chi connectivity index (χ4v) is 3.04. The van der Waals surface area contributed by atoms with Crippen LogP contribution in [-0.2, 0) is 0 Å². The molecule has 0 radical (unpaired) electrons. The summed E-state index contributed by atoms with van der Waals surface area (Å²) in [5.41, 5.74) is 0. The number of alkyl halides is 2. The normalized spacial score (nSPS) is 15.2. The van der Waals surface area contributed by atoms with Gasteiger partial charge in [0.05, 0.1) is 0 Å². The molecule has 0 rings (SSSR count). The Labute approximate surface area is 124 Å². The van der Waals surface area contributed by atoms with Crippen molar-refractivity contribution in [3.8, 4) is 0 Å². The molecule has 15 heavy (non-hydrogen) atoms. The maximum Gasteiger partial charge on any atom is 0.0227 e. The third-order valence-electron chi connectivity index (χ3n) is 2.87. The van der Waals surface area contributed by atoms with Crippen LogP contribution in [0.5, 0.6) is 0 Å². The monoisotopic (exact) mass is 436 g/mol. The minimum Gasteiger partial charge on any atom is -0.0815 e. The van der Waals surface area contributed by atoms with Gasteiger partial charge in [-0.1, -0.05) is 104 Å². The number of unbranched alkanes of at least 4 members (excludes halogenated alkanes) is 6. The molecule has 92 valence electrons. The van der Waals surface area contributed by atoms with Crippen LogP contribution in [0.2, 0.25) is 0 Å². The van der Waals surface area contributed by atoms with Crippen molar-refractivity contribution in [3.05, 3.63) is 0 Å². The molecule has 2 atom stereocenters. The highest BCUT2D eigenvalue weighted by Crippen LogP contribution is 2.24. The van der Waals surface area contributed by atoms with Gasteiger partial charge in [0.15, 0.2) is 0 Å². The Morgan fingerprint density at radius 3 is 1.80 bits per heavy atom. The van der Waals surface area contributed by atoms with E-state index in [1.165, 1.54) is 57.8 Å². The first kappa shape index (κ1) is 16.5. The van der Waals surface area contributed by atoms with Crippen LogP contribution in [0.15, 0.2) is 0 Å². The third kappa shape index (κ3) is 10.3. The Hall–Kier alpha value is 1.46. The number of halogens is 2. The summed E-state index contributed by atoms with van der Waals surface area (Å²) in [5, 5.41) is 0. The van der Waals surface area contributed by atoms with E-state index in [4.69, 9.17) is 0 Å². The predicted molar refractivity (Wildman–Crippen MR) is 88.5 cm³/mol. The molecule has 0 aromatic carbocycles. The lowest BCUT2D eigenvalue weighted by Gasteiger charge is -2.14. The topological polar surface area (TPSA) is 0 Å². The highest BCUT2D eigenvalue weighted by atomic mass is 127. The minimum absolute atomic E-state index is 0.878. The lowest BCUT2D eigenvalue weighted by atomic mass is 10.1. The van der Waals surface area contributed by atoms with Crippen LogP contribution in [0.4, 0.5) is 0 Å². The molecule has 0 heterocycles. The number of hydrogen-bond acceptors (Lipinski definition) is 0. The maximum absolute atomic E-state index is 2.63. The molecular formula is C13H26I2. The lowest BCUT2D eigenvalue weighted by molar-refractivity contribution is 0.570. The maximum atomic E-state index is 2.63. The fraction of sp³-hybridized carbons (Fsp3) is 1.00. The van der Waals surface area contributed by atoms with Crippen LogP contribution in [0.25, 0.3) is 0 Å². The second-order valence-electron chi connectivity index (χ2n) is 4.35. The van der Waals surface area contributed by atoms with Gasteiger partial charge in [-0.15, -0.1) is 0 Å². The Kier molecular flexibility index (Phi) is 13.1. The van der Waals surface area contributed by atoms with Gasteiger partial charge in [-0.05, 0) is 12.8 Å². The fourth-order valence-electron chi connectivity index (χ4n) is 1.73. The second-order valence-corrected chi connectivity index (χ2v) is 7.55. The van der Waals surface area contributed by atoms with Crippen LogP contribution in [0.1, 0.15) is 71.6 Å². The zero-order valence-electron chi connectivity index (χ0n) is 10.3. The molecule has 0 N–H and O–H groups in total. The van der Waals surface area contributed by atoms with Crippen LogP contribution < -0.4 is 0 Å². The molecule has 0 fully saturated rings. The average Bonchev–Trinajstić information content (AvgIpc) is 2.26. The molecule has 0 aromatic rings. The van der Waals surface area contributed by atoms with E-state index in [2.05, 4.69) is 59.0 Å². The highest BCUT2D eigenvalue weighted by Gasteiger charge is 2.12. The summed E-state index contributed by atoms with van der Waals surface area (Å²) in [6.07, 6.45) is 12.8. The molecule has 0 aliphatic rings. The van der Waals surface area contributed by atoms with Crippen LogP contribution >= 0.6 is 45.2 Å². The third-order valence-corrected chi connectivity index (χ3v) is 7.48. The first-order valence-corrected chi connectivity index (χ1v) is 8.99. The SMILES string of the molecule is CCCCCCCCCC(I)C(I)CC. The molecule has 0 aromatic heterocycles. The van der Waals surface area contributed by atoms with E-state index in [-0.39, 0.29) is 0 Å². The van der Waals surface area contributed by atoms with Crippen molar-refractivity contribution in [2.45, 2.75) is 79.5 Å². The quantitative estimate of drug-likeness (QED) is 0.219. The van der Waals surface area contributed by atoms with E-state index >= 15 is 0 Å². The van der Waals surface area contributed by atoms with Gasteiger partial charge in [0, 0.05) is 7.85 Å². The van der Waals surface area contributed by atoms with Crippen LogP contribution in [0, 0.1) is 0 Å². The molecule has 2 unspecified atom stereocenters. The summed E-state index contributed by atoms with van der Waals surface area (Å²) < 4.78 is 1.77. The van der Waals surface area contributed by atoms with Gasteiger partial charge in [0.1, 0.15) is 0 Å². The van der Waals surface area contributed by atoms with Crippen molar-refractivity contribution in [1.82, 2.24) is 0 Å². The first-order chi connectivity index (χ1) is 7.22. The van der Waals surface area contributed by atoms with Crippen LogP contribution in [0.3, 0.4) is 0 Å². The summed E-state index contributed by atoms with van der Waals surface area (Å²) in [5.74, 6) is 0. The van der Waals surface area contributed by atoms with Gasteiger partial charge < -0.3 is 0 Å². The molecule has 0 aliphatic heterocycles. The van der Waals surface area contributed by atoms with Gasteiger partial charge in [-0.3, -0.25) is 0 Å². The molecule has 0 saturated heterocycles. The van der Waals surface area contributed by atoms with Crippen molar-refractivity contribution >= 4 is 45.2 Å². The zero-order valence-corrected chi connectivity index (χ0v) is 14.6. The lowest BCUT2D eigenvalue weighted by Crippen LogP contribution is -2.11. The van der Waals surface area contributed by atoms with Crippen LogP contribution in [-0.4, -0.2) is 7.85 Å². The van der Waals surface area contributed by atoms with E-state index in [0.29, 0.717) is 0 Å². The molecule has 0 aliphatic carbocycles. The highest BCUT2D eigenvalue weighted by molar-refractivity contribution is 14.1. The molecule has 0 nitrogen and oxygen atoms in total. The summed E-state index contributed by atoms with van der Waals surface area (Å²) in [4.78, 5) is 0. The molecule has 0 spiro atoms. The molecule has 2 heteroatoms. The van der Waals surface area contributed by atoms with Crippen molar-refractivity contribution in [1.29, 1.82) is 0 Å². The Morgan fingerprint density at radius 1 is 0.733 bits per heavy atom. The van der Waals surface area contributed by atoms with E-state index in [1.54, 1.807) is 0 Å². The molecule has 0 amide bonds. The van der Waals surface area contributed by atoms with E-state index in [0.717, 1.165) is 7.85 Å². The number of hydrogen-bond donors (Lipinski definition) is 0. The summed E-state index contributed by atoms with van der Waals surface area (Å²) >= 11 is 5.24. The van der Waals surface area contributed by atoms with E-state index in [9.17, 15) is 0 Å². The summed E-state index contributed by atoms with van der Waals surface area (Å²) in [6, 6.07) is 0. The first-order valence-electron chi connectivity index (χ1n) is 6.50. The average molecular weight is 436 g/mol. The minimum atomic E-state index is 0.878. The van der Waals surface area contributed by atoms with E-state index in [1.807, 2.05) is 0 Å². The van der Waals surface area contributed by atoms with Gasteiger partial charge in [0.25, 0.3) is 0 Å². The molecular weight excluding hydrogens is 410 g/mol.